The molecular weight excluding hydrogens is 219 g/mol. The molecule has 88 valence electrons. The Morgan fingerprint density at radius 1 is 1.33 bits per heavy atom. The van der Waals surface area contributed by atoms with Crippen molar-refractivity contribution in [1.29, 1.82) is 0 Å². The number of amides is 1. The lowest BCUT2D eigenvalue weighted by Gasteiger charge is -2.15. The highest BCUT2D eigenvalue weighted by Gasteiger charge is 2.30. The summed E-state index contributed by atoms with van der Waals surface area (Å²) in [6.07, 6.45) is 4.05. The van der Waals surface area contributed by atoms with Gasteiger partial charge in [-0.2, -0.15) is 0 Å². The first kappa shape index (κ1) is 12.7. The van der Waals surface area contributed by atoms with E-state index in [0.717, 1.165) is 12.8 Å². The highest BCUT2D eigenvalue weighted by Crippen LogP contribution is 2.18. The zero-order valence-electron chi connectivity index (χ0n) is 8.67. The molecular formula is C10H18ClFN2O. The van der Waals surface area contributed by atoms with E-state index in [4.69, 9.17) is 0 Å². The molecule has 0 aromatic carbocycles. The lowest BCUT2D eigenvalue weighted by atomic mass is 10.2. The van der Waals surface area contributed by atoms with Crippen molar-refractivity contribution in [3.05, 3.63) is 0 Å². The molecule has 0 bridgehead atoms. The molecule has 1 aliphatic carbocycles. The maximum absolute atomic E-state index is 12.8. The number of halogens is 2. The van der Waals surface area contributed by atoms with Crippen molar-refractivity contribution in [3.8, 4) is 0 Å². The predicted molar refractivity (Wildman–Crippen MR) is 59.0 cm³/mol. The summed E-state index contributed by atoms with van der Waals surface area (Å²) in [6, 6.07) is 0.0357. The molecule has 2 N–H and O–H groups in total. The van der Waals surface area contributed by atoms with Gasteiger partial charge in [0.2, 0.25) is 5.91 Å². The highest BCUT2D eigenvalue weighted by atomic mass is 35.5. The van der Waals surface area contributed by atoms with Crippen LogP contribution in [-0.2, 0) is 4.79 Å². The fourth-order valence-corrected chi connectivity index (χ4v) is 2.26. The number of alkyl halides is 1. The molecule has 0 aromatic heterocycles. The van der Waals surface area contributed by atoms with Crippen molar-refractivity contribution in [1.82, 2.24) is 10.6 Å². The minimum absolute atomic E-state index is 0. The summed E-state index contributed by atoms with van der Waals surface area (Å²) in [6.45, 7) is 0.322. The minimum atomic E-state index is -0.852. The second-order valence-electron chi connectivity index (χ2n) is 4.28. The Morgan fingerprint density at radius 2 is 2.00 bits per heavy atom. The van der Waals surface area contributed by atoms with Crippen LogP contribution in [0.5, 0.6) is 0 Å². The number of rotatable bonds is 2. The maximum Gasteiger partial charge on any atom is 0.237 e. The van der Waals surface area contributed by atoms with Gasteiger partial charge in [0.1, 0.15) is 6.17 Å². The maximum atomic E-state index is 12.8. The Labute approximate surface area is 95.6 Å². The molecule has 2 atom stereocenters. The summed E-state index contributed by atoms with van der Waals surface area (Å²) >= 11 is 0. The number of carbonyl (C=O) groups excluding carboxylic acids is 1. The first-order chi connectivity index (χ1) is 6.75. The van der Waals surface area contributed by atoms with Gasteiger partial charge in [-0.25, -0.2) is 4.39 Å². The second-order valence-corrected chi connectivity index (χ2v) is 4.28. The molecule has 0 unspecified atom stereocenters. The SMILES string of the molecule is Cl.O=C(NC1CCCC1)[C@@H]1C[C@@H](F)CN1. The van der Waals surface area contributed by atoms with Crippen LogP contribution in [-0.4, -0.2) is 30.7 Å². The molecule has 3 nitrogen and oxygen atoms in total. The van der Waals surface area contributed by atoms with Crippen LogP contribution >= 0.6 is 12.4 Å². The van der Waals surface area contributed by atoms with Gasteiger partial charge in [-0.15, -0.1) is 12.4 Å². The van der Waals surface area contributed by atoms with Gasteiger partial charge >= 0.3 is 0 Å². The van der Waals surface area contributed by atoms with E-state index in [9.17, 15) is 9.18 Å². The molecule has 15 heavy (non-hydrogen) atoms. The fraction of sp³-hybridized carbons (Fsp3) is 0.900. The average Bonchev–Trinajstić information content (AvgIpc) is 2.75. The van der Waals surface area contributed by atoms with Gasteiger partial charge in [0.15, 0.2) is 0 Å². The smallest absolute Gasteiger partial charge is 0.237 e. The van der Waals surface area contributed by atoms with Crippen molar-refractivity contribution in [2.75, 3.05) is 6.54 Å². The van der Waals surface area contributed by atoms with Crippen LogP contribution in [0.1, 0.15) is 32.1 Å². The molecule has 5 heteroatoms. The standard InChI is InChI=1S/C10H17FN2O.ClH/c11-7-5-9(12-6-7)10(14)13-8-3-1-2-4-8;/h7-9,12H,1-6H2,(H,13,14);1H/t7-,9+;/m1./s1. The largest absolute Gasteiger partial charge is 0.352 e. The summed E-state index contributed by atoms with van der Waals surface area (Å²) < 4.78 is 12.8. The highest BCUT2D eigenvalue weighted by molar-refractivity contribution is 5.85. The van der Waals surface area contributed by atoms with Crippen LogP contribution in [0.3, 0.4) is 0 Å². The van der Waals surface area contributed by atoms with Gasteiger partial charge in [-0.1, -0.05) is 12.8 Å². The molecule has 0 aromatic rings. The quantitative estimate of drug-likeness (QED) is 0.756. The van der Waals surface area contributed by atoms with Gasteiger partial charge in [0.05, 0.1) is 6.04 Å². The van der Waals surface area contributed by atoms with Crippen LogP contribution in [0, 0.1) is 0 Å². The van der Waals surface area contributed by atoms with Crippen LogP contribution in [0.15, 0.2) is 0 Å². The molecule has 1 saturated heterocycles. The summed E-state index contributed by atoms with van der Waals surface area (Å²) in [4.78, 5) is 11.6. The van der Waals surface area contributed by atoms with E-state index >= 15 is 0 Å². The first-order valence-electron chi connectivity index (χ1n) is 5.43. The van der Waals surface area contributed by atoms with E-state index in [1.165, 1.54) is 12.8 Å². The predicted octanol–water partition coefficient (Wildman–Crippen LogP) is 1.17. The van der Waals surface area contributed by atoms with Crippen LogP contribution in [0.2, 0.25) is 0 Å². The third-order valence-corrected chi connectivity index (χ3v) is 3.10. The monoisotopic (exact) mass is 236 g/mol. The summed E-state index contributed by atoms with van der Waals surface area (Å²) in [5.41, 5.74) is 0. The Hall–Kier alpha value is -0.350. The topological polar surface area (TPSA) is 41.1 Å². The molecule has 2 rings (SSSR count). The Bertz CT molecular complexity index is 221. The zero-order valence-corrected chi connectivity index (χ0v) is 9.49. The first-order valence-corrected chi connectivity index (χ1v) is 5.43. The molecule has 0 radical (unpaired) electrons. The normalized spacial score (nSPS) is 31.3. The number of hydrogen-bond acceptors (Lipinski definition) is 2. The molecule has 1 amide bonds. The summed E-state index contributed by atoms with van der Waals surface area (Å²) in [5, 5.41) is 5.87. The fourth-order valence-electron chi connectivity index (χ4n) is 2.26. The van der Waals surface area contributed by atoms with Gasteiger partial charge in [0, 0.05) is 19.0 Å². The van der Waals surface area contributed by atoms with Crippen molar-refractivity contribution < 1.29 is 9.18 Å². The van der Waals surface area contributed by atoms with Gasteiger partial charge in [-0.3, -0.25) is 4.79 Å². The van der Waals surface area contributed by atoms with Crippen LogP contribution in [0.4, 0.5) is 4.39 Å². The molecule has 1 heterocycles. The Balaban J connectivity index is 0.00000112. The number of carbonyl (C=O) groups is 1. The summed E-state index contributed by atoms with van der Waals surface area (Å²) in [5.74, 6) is -0.0166. The third kappa shape index (κ3) is 3.31. The third-order valence-electron chi connectivity index (χ3n) is 3.10. The van der Waals surface area contributed by atoms with Crippen LogP contribution < -0.4 is 10.6 Å². The number of hydrogen-bond donors (Lipinski definition) is 2. The van der Waals surface area contributed by atoms with Crippen molar-refractivity contribution in [2.24, 2.45) is 0 Å². The lowest BCUT2D eigenvalue weighted by Crippen LogP contribution is -2.44. The van der Waals surface area contributed by atoms with Crippen molar-refractivity contribution >= 4 is 18.3 Å². The molecule has 1 saturated carbocycles. The van der Waals surface area contributed by atoms with E-state index in [1.807, 2.05) is 0 Å². The van der Waals surface area contributed by atoms with E-state index < -0.39 is 6.17 Å². The van der Waals surface area contributed by atoms with Gasteiger partial charge in [0.25, 0.3) is 0 Å². The zero-order chi connectivity index (χ0) is 9.97. The van der Waals surface area contributed by atoms with E-state index in [-0.39, 0.29) is 24.4 Å². The number of nitrogens with one attached hydrogen (secondary N) is 2. The molecule has 2 fully saturated rings. The molecule has 0 spiro atoms. The van der Waals surface area contributed by atoms with E-state index in [2.05, 4.69) is 10.6 Å². The Morgan fingerprint density at radius 3 is 2.53 bits per heavy atom. The van der Waals surface area contributed by atoms with Crippen molar-refractivity contribution in [2.45, 2.75) is 50.4 Å². The van der Waals surface area contributed by atoms with E-state index in [0.29, 0.717) is 19.0 Å². The van der Waals surface area contributed by atoms with Gasteiger partial charge in [-0.05, 0) is 12.8 Å². The van der Waals surface area contributed by atoms with E-state index in [1.54, 1.807) is 0 Å². The average molecular weight is 237 g/mol. The second kappa shape index (κ2) is 5.66. The van der Waals surface area contributed by atoms with Gasteiger partial charge < -0.3 is 10.6 Å². The van der Waals surface area contributed by atoms with Crippen LogP contribution in [0.25, 0.3) is 0 Å². The summed E-state index contributed by atoms with van der Waals surface area (Å²) in [7, 11) is 0. The van der Waals surface area contributed by atoms with Crippen molar-refractivity contribution in [3.63, 3.8) is 0 Å². The minimum Gasteiger partial charge on any atom is -0.352 e. The molecule has 2 aliphatic rings. The molecule has 1 aliphatic heterocycles. The Kier molecular flexibility index (Phi) is 4.80. The lowest BCUT2D eigenvalue weighted by molar-refractivity contribution is -0.123.